The molecular formula is C17H22BrNO4S. The maximum Gasteiger partial charge on any atom is 0.240 e. The van der Waals surface area contributed by atoms with Gasteiger partial charge in [0.15, 0.2) is 5.79 Å². The minimum atomic E-state index is -3.63. The second kappa shape index (κ2) is 6.21. The summed E-state index contributed by atoms with van der Waals surface area (Å²) >= 11 is 3.53. The molecule has 0 saturated carbocycles. The molecule has 1 heterocycles. The summed E-state index contributed by atoms with van der Waals surface area (Å²) in [7, 11) is -3.63. The number of nitrogens with one attached hydrogen (secondary N) is 1. The first-order chi connectivity index (χ1) is 11.1. The summed E-state index contributed by atoms with van der Waals surface area (Å²) in [5.41, 5.74) is 1.01. The number of halogens is 1. The van der Waals surface area contributed by atoms with Crippen LogP contribution in [0.1, 0.15) is 26.3 Å². The highest BCUT2D eigenvalue weighted by molar-refractivity contribution is 9.11. The van der Waals surface area contributed by atoms with Gasteiger partial charge in [0.1, 0.15) is 12.2 Å². The number of rotatable bonds is 3. The number of sulfonamides is 1. The molecule has 7 heteroatoms. The smallest absolute Gasteiger partial charge is 0.240 e. The molecule has 24 heavy (non-hydrogen) atoms. The standard InChI is InChI=1S/C17H22BrNO4S/c1-10-5-7-12(8-6-10)24(20,21)19-14-11(2)9-13(18)15-16(14)23-17(3,4)22-15/h5-9,11,14-16,19H,1-4H3/t11-,14-,15-,16+/m1/s1. The van der Waals surface area contributed by atoms with Gasteiger partial charge in [-0.15, -0.1) is 0 Å². The van der Waals surface area contributed by atoms with Crippen molar-refractivity contribution < 1.29 is 17.9 Å². The van der Waals surface area contributed by atoms with Crippen LogP contribution in [0.4, 0.5) is 0 Å². The van der Waals surface area contributed by atoms with Crippen LogP contribution in [0.3, 0.4) is 0 Å². The maximum atomic E-state index is 12.7. The average molecular weight is 416 g/mol. The lowest BCUT2D eigenvalue weighted by atomic mass is 9.88. The Balaban J connectivity index is 1.89. The molecule has 0 bridgehead atoms. The van der Waals surface area contributed by atoms with Gasteiger partial charge in [0.25, 0.3) is 0 Å². The van der Waals surface area contributed by atoms with E-state index in [-0.39, 0.29) is 23.0 Å². The number of hydrogen-bond donors (Lipinski definition) is 1. The fourth-order valence-electron chi connectivity index (χ4n) is 3.15. The molecule has 0 spiro atoms. The van der Waals surface area contributed by atoms with E-state index in [9.17, 15) is 8.42 Å². The predicted molar refractivity (Wildman–Crippen MR) is 95.3 cm³/mol. The van der Waals surface area contributed by atoms with Gasteiger partial charge >= 0.3 is 0 Å². The van der Waals surface area contributed by atoms with Gasteiger partial charge in [-0.25, -0.2) is 13.1 Å². The summed E-state index contributed by atoms with van der Waals surface area (Å²) in [4.78, 5) is 0.253. The summed E-state index contributed by atoms with van der Waals surface area (Å²) in [6, 6.07) is 6.41. The van der Waals surface area contributed by atoms with Crippen LogP contribution in [-0.4, -0.2) is 32.5 Å². The van der Waals surface area contributed by atoms with Crippen molar-refractivity contribution in [1.82, 2.24) is 4.72 Å². The van der Waals surface area contributed by atoms with Crippen molar-refractivity contribution in [2.24, 2.45) is 5.92 Å². The Morgan fingerprint density at radius 1 is 1.17 bits per heavy atom. The van der Waals surface area contributed by atoms with E-state index >= 15 is 0 Å². The lowest BCUT2D eigenvalue weighted by molar-refractivity contribution is -0.145. The molecule has 132 valence electrons. The molecule has 4 atom stereocenters. The van der Waals surface area contributed by atoms with Crippen molar-refractivity contribution in [3.8, 4) is 0 Å². The molecule has 0 unspecified atom stereocenters. The fourth-order valence-corrected chi connectivity index (χ4v) is 5.26. The molecule has 0 amide bonds. The van der Waals surface area contributed by atoms with E-state index in [1.165, 1.54) is 0 Å². The van der Waals surface area contributed by atoms with Crippen molar-refractivity contribution >= 4 is 26.0 Å². The Labute approximate surface area is 151 Å². The van der Waals surface area contributed by atoms with E-state index in [0.717, 1.165) is 10.0 Å². The van der Waals surface area contributed by atoms with E-state index in [1.54, 1.807) is 24.3 Å². The number of hydrogen-bond acceptors (Lipinski definition) is 4. The fraction of sp³-hybridized carbons (Fsp3) is 0.529. The molecule has 5 nitrogen and oxygen atoms in total. The Morgan fingerprint density at radius 2 is 1.79 bits per heavy atom. The van der Waals surface area contributed by atoms with Crippen molar-refractivity contribution in [3.05, 3.63) is 40.4 Å². The molecular weight excluding hydrogens is 394 g/mol. The summed E-state index contributed by atoms with van der Waals surface area (Å²) in [6.45, 7) is 7.56. The van der Waals surface area contributed by atoms with Crippen LogP contribution in [0, 0.1) is 12.8 Å². The van der Waals surface area contributed by atoms with Crippen LogP contribution in [0.15, 0.2) is 39.7 Å². The summed E-state index contributed by atoms with van der Waals surface area (Å²) in [5.74, 6) is -0.780. The Bertz CT molecular complexity index is 757. The van der Waals surface area contributed by atoms with E-state index in [2.05, 4.69) is 20.7 Å². The highest BCUT2D eigenvalue weighted by Gasteiger charge is 2.50. The highest BCUT2D eigenvalue weighted by Crippen LogP contribution is 2.41. The zero-order chi connectivity index (χ0) is 17.7. The van der Waals surface area contributed by atoms with Gasteiger partial charge in [-0.1, -0.05) is 46.6 Å². The van der Waals surface area contributed by atoms with Crippen LogP contribution < -0.4 is 4.72 Å². The Morgan fingerprint density at radius 3 is 2.42 bits per heavy atom. The monoisotopic (exact) mass is 415 g/mol. The quantitative estimate of drug-likeness (QED) is 0.823. The van der Waals surface area contributed by atoms with Crippen molar-refractivity contribution in [2.45, 2.75) is 56.6 Å². The van der Waals surface area contributed by atoms with Crippen LogP contribution in [0.25, 0.3) is 0 Å². The predicted octanol–water partition coefficient (Wildman–Crippen LogP) is 3.09. The zero-order valence-corrected chi connectivity index (χ0v) is 16.5. The second-order valence-electron chi connectivity index (χ2n) is 6.89. The third-order valence-electron chi connectivity index (χ3n) is 4.37. The third kappa shape index (κ3) is 3.46. The van der Waals surface area contributed by atoms with Crippen molar-refractivity contribution in [3.63, 3.8) is 0 Å². The summed E-state index contributed by atoms with van der Waals surface area (Å²) in [6.07, 6.45) is 1.30. The first kappa shape index (κ1) is 18.1. The van der Waals surface area contributed by atoms with Crippen LogP contribution >= 0.6 is 15.9 Å². The van der Waals surface area contributed by atoms with E-state index in [1.807, 2.05) is 33.8 Å². The minimum Gasteiger partial charge on any atom is -0.342 e. The van der Waals surface area contributed by atoms with Gasteiger partial charge in [0.2, 0.25) is 10.0 Å². The van der Waals surface area contributed by atoms with Gasteiger partial charge < -0.3 is 9.47 Å². The van der Waals surface area contributed by atoms with E-state index < -0.39 is 21.9 Å². The zero-order valence-electron chi connectivity index (χ0n) is 14.1. The Kier molecular flexibility index (Phi) is 4.68. The molecule has 0 radical (unpaired) electrons. The molecule has 1 aromatic carbocycles. The lowest BCUT2D eigenvalue weighted by Crippen LogP contribution is -2.53. The summed E-state index contributed by atoms with van der Waals surface area (Å²) < 4.78 is 41.1. The molecule has 1 aliphatic carbocycles. The molecule has 1 aromatic rings. The van der Waals surface area contributed by atoms with Gasteiger partial charge in [-0.2, -0.15) is 0 Å². The molecule has 0 aromatic heterocycles. The van der Waals surface area contributed by atoms with Crippen molar-refractivity contribution in [2.75, 3.05) is 0 Å². The molecule has 1 aliphatic heterocycles. The van der Waals surface area contributed by atoms with Gasteiger partial charge in [0, 0.05) is 4.48 Å². The number of benzene rings is 1. The second-order valence-corrected chi connectivity index (χ2v) is 9.52. The number of fused-ring (bicyclic) bond motifs is 1. The van der Waals surface area contributed by atoms with Crippen LogP contribution in [0.2, 0.25) is 0 Å². The first-order valence-corrected chi connectivity index (χ1v) is 10.2. The van der Waals surface area contributed by atoms with E-state index in [0.29, 0.717) is 0 Å². The first-order valence-electron chi connectivity index (χ1n) is 7.91. The molecule has 1 N–H and O–H groups in total. The Hall–Kier alpha value is -0.730. The number of ether oxygens (including phenoxy) is 2. The summed E-state index contributed by atoms with van der Waals surface area (Å²) in [5, 5.41) is 0. The average Bonchev–Trinajstić information content (AvgIpc) is 2.80. The van der Waals surface area contributed by atoms with Crippen molar-refractivity contribution in [1.29, 1.82) is 0 Å². The topological polar surface area (TPSA) is 64.6 Å². The molecule has 1 saturated heterocycles. The number of aryl methyl sites for hydroxylation is 1. The molecule has 3 rings (SSSR count). The lowest BCUT2D eigenvalue weighted by Gasteiger charge is -2.34. The minimum absolute atomic E-state index is 0.0293. The van der Waals surface area contributed by atoms with Gasteiger partial charge in [-0.3, -0.25) is 0 Å². The van der Waals surface area contributed by atoms with Crippen LogP contribution in [-0.2, 0) is 19.5 Å². The normalized spacial score (nSPS) is 32.3. The van der Waals surface area contributed by atoms with E-state index in [4.69, 9.17) is 9.47 Å². The maximum absolute atomic E-state index is 12.7. The SMILES string of the molecule is Cc1ccc(S(=O)(=O)N[C@H]2[C@@H]3OC(C)(C)O[C@@H]3C(Br)=C[C@H]2C)cc1. The highest BCUT2D eigenvalue weighted by atomic mass is 79.9. The van der Waals surface area contributed by atoms with Gasteiger partial charge in [0.05, 0.1) is 10.9 Å². The molecule has 1 fully saturated rings. The third-order valence-corrected chi connectivity index (χ3v) is 6.56. The van der Waals surface area contributed by atoms with Crippen LogP contribution in [0.5, 0.6) is 0 Å². The van der Waals surface area contributed by atoms with Gasteiger partial charge in [-0.05, 0) is 38.8 Å². The largest absolute Gasteiger partial charge is 0.342 e. The molecule has 2 aliphatic rings.